The number of rotatable bonds is 4. The van der Waals surface area contributed by atoms with Crippen LogP contribution in [-0.4, -0.2) is 21.7 Å². The van der Waals surface area contributed by atoms with Crippen molar-refractivity contribution in [2.24, 2.45) is 0 Å². The van der Waals surface area contributed by atoms with Crippen LogP contribution in [0, 0.1) is 22.7 Å². The lowest BCUT2D eigenvalue weighted by Crippen LogP contribution is -2.03. The topological polar surface area (TPSA) is 134 Å². The van der Waals surface area contributed by atoms with Crippen LogP contribution in [0.4, 0.5) is 5.82 Å². The molecule has 3 heterocycles. The molecule has 1 aromatic carbocycles. The second-order valence-electron chi connectivity index (χ2n) is 5.54. The van der Waals surface area contributed by atoms with Gasteiger partial charge in [0, 0.05) is 18.0 Å². The van der Waals surface area contributed by atoms with E-state index in [1.54, 1.807) is 30.6 Å². The number of pyridine rings is 1. The Morgan fingerprint density at radius 2 is 2.00 bits per heavy atom. The number of H-pyrrole nitrogens is 1. The van der Waals surface area contributed by atoms with Gasteiger partial charge in [0.1, 0.15) is 34.4 Å². The highest BCUT2D eigenvalue weighted by atomic mass is 32.2. The number of imidazole rings is 1. The standard InChI is InChI=1S/C18H12N6O2S/c19-6-11-16(10-1-2-13-14(5-10)26-9-25-13)12(7-20)18(24-17(11)21)27-8-15-22-3-4-23-15/h1-5H,8-9H2,(H2,21,24)(H,22,23). The molecule has 0 atom stereocenters. The molecule has 0 saturated heterocycles. The van der Waals surface area contributed by atoms with Crippen LogP contribution in [0.15, 0.2) is 35.6 Å². The maximum absolute atomic E-state index is 9.79. The van der Waals surface area contributed by atoms with Gasteiger partial charge in [-0.1, -0.05) is 17.8 Å². The third kappa shape index (κ3) is 3.01. The summed E-state index contributed by atoms with van der Waals surface area (Å²) in [6.07, 6.45) is 3.37. The third-order valence-corrected chi connectivity index (χ3v) is 4.96. The van der Waals surface area contributed by atoms with Crippen molar-refractivity contribution >= 4 is 17.6 Å². The van der Waals surface area contributed by atoms with E-state index < -0.39 is 0 Å². The molecular weight excluding hydrogens is 364 g/mol. The van der Waals surface area contributed by atoms with E-state index in [2.05, 4.69) is 27.1 Å². The summed E-state index contributed by atoms with van der Waals surface area (Å²) in [4.78, 5) is 11.4. The Kier molecular flexibility index (Phi) is 4.29. The first-order chi connectivity index (χ1) is 13.2. The molecule has 0 aliphatic carbocycles. The van der Waals surface area contributed by atoms with Crippen molar-refractivity contribution in [1.82, 2.24) is 15.0 Å². The fourth-order valence-electron chi connectivity index (χ4n) is 2.76. The van der Waals surface area contributed by atoms with Gasteiger partial charge in [-0.05, 0) is 17.7 Å². The van der Waals surface area contributed by atoms with Gasteiger partial charge in [-0.25, -0.2) is 9.97 Å². The van der Waals surface area contributed by atoms with E-state index in [1.165, 1.54) is 11.8 Å². The predicted octanol–water partition coefficient (Wildman–Crippen LogP) is 2.82. The van der Waals surface area contributed by atoms with Gasteiger partial charge in [-0.3, -0.25) is 0 Å². The molecule has 1 aliphatic rings. The Morgan fingerprint density at radius 3 is 2.74 bits per heavy atom. The fraction of sp³-hybridized carbons (Fsp3) is 0.111. The Morgan fingerprint density at radius 1 is 1.19 bits per heavy atom. The number of hydrogen-bond donors (Lipinski definition) is 2. The maximum atomic E-state index is 9.79. The summed E-state index contributed by atoms with van der Waals surface area (Å²) in [5, 5.41) is 19.8. The molecule has 0 fully saturated rings. The molecule has 0 radical (unpaired) electrons. The molecule has 3 N–H and O–H groups in total. The molecule has 0 spiro atoms. The second-order valence-corrected chi connectivity index (χ2v) is 6.51. The van der Waals surface area contributed by atoms with E-state index in [0.29, 0.717) is 33.4 Å². The number of nitrogens with two attached hydrogens (primary N) is 1. The van der Waals surface area contributed by atoms with Crippen LogP contribution < -0.4 is 15.2 Å². The molecule has 1 aliphatic heterocycles. The molecule has 0 bridgehead atoms. The Balaban J connectivity index is 1.84. The third-order valence-electron chi connectivity index (χ3n) is 3.98. The molecule has 132 valence electrons. The van der Waals surface area contributed by atoms with Crippen molar-refractivity contribution in [1.29, 1.82) is 10.5 Å². The van der Waals surface area contributed by atoms with E-state index >= 15 is 0 Å². The highest BCUT2D eigenvalue weighted by Gasteiger charge is 2.23. The number of nitrogens with one attached hydrogen (secondary N) is 1. The number of nitrogens with zero attached hydrogens (tertiary/aromatic N) is 4. The van der Waals surface area contributed by atoms with Gasteiger partial charge in [0.15, 0.2) is 11.5 Å². The summed E-state index contributed by atoms with van der Waals surface area (Å²) in [6, 6.07) is 9.48. The van der Waals surface area contributed by atoms with E-state index in [4.69, 9.17) is 15.2 Å². The smallest absolute Gasteiger partial charge is 0.231 e. The lowest BCUT2D eigenvalue weighted by molar-refractivity contribution is 0.174. The number of aromatic amines is 1. The average Bonchev–Trinajstić information content (AvgIpc) is 3.36. The zero-order valence-electron chi connectivity index (χ0n) is 13.9. The normalized spacial score (nSPS) is 11.8. The van der Waals surface area contributed by atoms with Crippen LogP contribution in [0.1, 0.15) is 17.0 Å². The molecule has 27 heavy (non-hydrogen) atoms. The lowest BCUT2D eigenvalue weighted by atomic mass is 9.96. The van der Waals surface area contributed by atoms with Crippen molar-refractivity contribution in [3.63, 3.8) is 0 Å². The quantitative estimate of drug-likeness (QED) is 0.664. The molecule has 0 saturated carbocycles. The summed E-state index contributed by atoms with van der Waals surface area (Å²) in [5.41, 5.74) is 7.55. The van der Waals surface area contributed by atoms with Crippen LogP contribution in [0.25, 0.3) is 11.1 Å². The second kappa shape index (κ2) is 6.90. The van der Waals surface area contributed by atoms with E-state index in [-0.39, 0.29) is 23.7 Å². The number of nitriles is 2. The van der Waals surface area contributed by atoms with E-state index in [0.717, 1.165) is 5.82 Å². The molecule has 3 aromatic rings. The largest absolute Gasteiger partial charge is 0.454 e. The summed E-state index contributed by atoms with van der Waals surface area (Å²) in [5.74, 6) is 2.48. The molecule has 0 unspecified atom stereocenters. The minimum atomic E-state index is 0.0751. The van der Waals surface area contributed by atoms with Gasteiger partial charge in [-0.15, -0.1) is 0 Å². The van der Waals surface area contributed by atoms with Gasteiger partial charge in [0.05, 0.1) is 11.3 Å². The van der Waals surface area contributed by atoms with Gasteiger partial charge >= 0.3 is 0 Å². The number of nitrogen functional groups attached to an aromatic ring is 1. The average molecular weight is 376 g/mol. The first-order valence-corrected chi connectivity index (χ1v) is 8.84. The van der Waals surface area contributed by atoms with E-state index in [9.17, 15) is 10.5 Å². The van der Waals surface area contributed by atoms with Crippen LogP contribution in [0.3, 0.4) is 0 Å². The zero-order chi connectivity index (χ0) is 18.8. The van der Waals surface area contributed by atoms with Crippen molar-refractivity contribution < 1.29 is 9.47 Å². The number of aromatic nitrogens is 3. The molecule has 8 nitrogen and oxygen atoms in total. The van der Waals surface area contributed by atoms with Crippen LogP contribution in [0.5, 0.6) is 11.5 Å². The van der Waals surface area contributed by atoms with Crippen LogP contribution in [0.2, 0.25) is 0 Å². The molecule has 2 aromatic heterocycles. The van der Waals surface area contributed by atoms with Gasteiger partial charge in [-0.2, -0.15) is 10.5 Å². The Hall–Kier alpha value is -3.69. The zero-order valence-corrected chi connectivity index (χ0v) is 14.7. The van der Waals surface area contributed by atoms with Gasteiger partial charge in [0.2, 0.25) is 6.79 Å². The van der Waals surface area contributed by atoms with Gasteiger partial charge < -0.3 is 20.2 Å². The number of anilines is 1. The number of ether oxygens (including phenoxy) is 2. The highest BCUT2D eigenvalue weighted by Crippen LogP contribution is 2.41. The molecule has 0 amide bonds. The molecular formula is C18H12N6O2S. The first-order valence-electron chi connectivity index (χ1n) is 7.86. The fourth-order valence-corrected chi connectivity index (χ4v) is 3.64. The lowest BCUT2D eigenvalue weighted by Gasteiger charge is -2.13. The summed E-state index contributed by atoms with van der Waals surface area (Å²) in [7, 11) is 0. The molecule has 4 rings (SSSR count). The van der Waals surface area contributed by atoms with Crippen molar-refractivity contribution in [3.8, 4) is 34.8 Å². The van der Waals surface area contributed by atoms with E-state index in [1.807, 2.05) is 0 Å². The minimum Gasteiger partial charge on any atom is -0.454 e. The SMILES string of the molecule is N#Cc1c(N)nc(SCc2ncc[nH]2)c(C#N)c1-c1ccc2c(c1)OCO2. The molecule has 9 heteroatoms. The Labute approximate surface area is 158 Å². The van der Waals surface area contributed by atoms with Crippen LogP contribution >= 0.6 is 11.8 Å². The number of hydrogen-bond acceptors (Lipinski definition) is 8. The number of thioether (sulfide) groups is 1. The van der Waals surface area contributed by atoms with Crippen molar-refractivity contribution in [3.05, 3.63) is 47.5 Å². The summed E-state index contributed by atoms with van der Waals surface area (Å²) < 4.78 is 10.7. The monoisotopic (exact) mass is 376 g/mol. The van der Waals surface area contributed by atoms with Gasteiger partial charge in [0.25, 0.3) is 0 Å². The van der Waals surface area contributed by atoms with Crippen molar-refractivity contribution in [2.75, 3.05) is 12.5 Å². The first kappa shape index (κ1) is 16.8. The number of benzene rings is 1. The summed E-state index contributed by atoms with van der Waals surface area (Å²) >= 11 is 1.32. The minimum absolute atomic E-state index is 0.0751. The summed E-state index contributed by atoms with van der Waals surface area (Å²) in [6.45, 7) is 0.137. The van der Waals surface area contributed by atoms with Crippen molar-refractivity contribution in [2.45, 2.75) is 10.8 Å². The predicted molar refractivity (Wildman–Crippen MR) is 97.8 cm³/mol. The maximum Gasteiger partial charge on any atom is 0.231 e. The highest BCUT2D eigenvalue weighted by molar-refractivity contribution is 7.98. The van der Waals surface area contributed by atoms with Crippen LogP contribution in [-0.2, 0) is 5.75 Å². The Bertz CT molecular complexity index is 1100. The number of fused-ring (bicyclic) bond motifs is 1.